The average Bonchev–Trinajstić information content (AvgIpc) is 4.07. The van der Waals surface area contributed by atoms with Gasteiger partial charge in [-0.05, 0) is 87.3 Å². The van der Waals surface area contributed by atoms with E-state index in [0.717, 1.165) is 55.2 Å². The third-order valence-corrected chi connectivity index (χ3v) is 14.8. The van der Waals surface area contributed by atoms with Crippen molar-refractivity contribution in [2.24, 2.45) is 17.8 Å². The normalized spacial score (nSPS) is 34.3. The minimum atomic E-state index is -3.91. The summed E-state index contributed by atoms with van der Waals surface area (Å²) < 4.78 is 39.6. The smallest absolute Gasteiger partial charge is 0.410 e. The van der Waals surface area contributed by atoms with Gasteiger partial charge in [-0.3, -0.25) is 24.0 Å². The van der Waals surface area contributed by atoms with Crippen LogP contribution >= 0.6 is 0 Å². The largest absolute Gasteiger partial charge is 0.444 e. The zero-order chi connectivity index (χ0) is 38.7. The Morgan fingerprint density at radius 2 is 1.82 bits per heavy atom. The molecule has 1 saturated heterocycles. The summed E-state index contributed by atoms with van der Waals surface area (Å²) in [4.78, 5) is 72.7. The number of hydrogen-bond acceptors (Lipinski definition) is 9. The molecule has 55 heavy (non-hydrogen) atoms. The summed E-state index contributed by atoms with van der Waals surface area (Å²) in [7, 11) is -3.91. The molecular weight excluding hydrogens is 727 g/mol. The van der Waals surface area contributed by atoms with E-state index < -0.39 is 80.4 Å². The molecule has 0 unspecified atom stereocenters. The van der Waals surface area contributed by atoms with Crippen molar-refractivity contribution in [1.82, 2.24) is 25.2 Å². The second-order valence-corrected chi connectivity index (χ2v) is 18.8. The predicted molar refractivity (Wildman–Crippen MR) is 200 cm³/mol. The van der Waals surface area contributed by atoms with E-state index >= 15 is 0 Å². The van der Waals surface area contributed by atoms with Gasteiger partial charge in [0.05, 0.1) is 18.3 Å². The van der Waals surface area contributed by atoms with Crippen LogP contribution < -0.4 is 15.4 Å². The summed E-state index contributed by atoms with van der Waals surface area (Å²) in [5.74, 6) is -2.55. The second kappa shape index (κ2) is 14.3. The van der Waals surface area contributed by atoms with Crippen molar-refractivity contribution in [2.45, 2.75) is 132 Å². The molecule has 15 heteroatoms. The van der Waals surface area contributed by atoms with Crippen LogP contribution in [-0.2, 0) is 47.0 Å². The van der Waals surface area contributed by atoms with Gasteiger partial charge in [-0.15, -0.1) is 6.58 Å². The van der Waals surface area contributed by atoms with Crippen LogP contribution in [0.2, 0.25) is 0 Å². The van der Waals surface area contributed by atoms with E-state index in [1.165, 1.54) is 11.0 Å². The van der Waals surface area contributed by atoms with Gasteiger partial charge in [0.25, 0.3) is 5.91 Å². The van der Waals surface area contributed by atoms with Gasteiger partial charge in [-0.2, -0.15) is 0 Å². The van der Waals surface area contributed by atoms with Crippen molar-refractivity contribution in [3.8, 4) is 0 Å². The molecule has 5 amide bonds. The maximum Gasteiger partial charge on any atom is 0.410 e. The number of ether oxygens (including phenoxy) is 2. The first-order chi connectivity index (χ1) is 26.3. The quantitative estimate of drug-likeness (QED) is 0.345. The van der Waals surface area contributed by atoms with Crippen LogP contribution in [0.3, 0.4) is 0 Å². The highest BCUT2D eigenvalue weighted by Crippen LogP contribution is 2.50. The van der Waals surface area contributed by atoms with E-state index in [-0.39, 0.29) is 31.2 Å². The number of rotatable bonds is 7. The number of nitrogens with zero attached hydrogens (tertiary/aromatic N) is 2. The Labute approximate surface area is 321 Å². The van der Waals surface area contributed by atoms with Crippen LogP contribution in [0.15, 0.2) is 36.9 Å². The van der Waals surface area contributed by atoms with Crippen LogP contribution in [0.1, 0.15) is 101 Å². The minimum Gasteiger partial charge on any atom is -0.444 e. The lowest BCUT2D eigenvalue weighted by Gasteiger charge is -2.32. The SMILES string of the molecule is C=C[C@@H]1C[C@]1(NC(=O)[C@@H]1C[C@@H]2CN1C(=O)[C@H](C1CCCC1)NC(=O)O[C@]1(C)C[C@H]1CCC/C=C/c1cccc3c1CN(C3)C(=O)O2)C(=O)NS(=O)(=O)C1CC1. The summed E-state index contributed by atoms with van der Waals surface area (Å²) >= 11 is 0. The second-order valence-electron chi connectivity index (χ2n) is 16.9. The van der Waals surface area contributed by atoms with Gasteiger partial charge in [-0.25, -0.2) is 18.0 Å². The van der Waals surface area contributed by atoms with Crippen LogP contribution in [-0.4, -0.2) is 89.2 Å². The highest BCUT2D eigenvalue weighted by atomic mass is 32.2. The third-order valence-electron chi connectivity index (χ3n) is 13.0. The van der Waals surface area contributed by atoms with Gasteiger partial charge >= 0.3 is 12.2 Å². The van der Waals surface area contributed by atoms with E-state index in [1.807, 2.05) is 25.1 Å². The lowest BCUT2D eigenvalue weighted by atomic mass is 9.96. The molecular formula is C40H51N5O9S. The Morgan fingerprint density at radius 3 is 2.55 bits per heavy atom. The molecule has 5 fully saturated rings. The molecule has 4 aliphatic carbocycles. The number of allylic oxidation sites excluding steroid dienone is 1. The molecule has 8 rings (SSSR count). The molecule has 7 atom stereocenters. The number of fused-ring (bicyclic) bond motifs is 4. The molecule has 0 radical (unpaired) electrons. The first-order valence-electron chi connectivity index (χ1n) is 19.8. The number of carbonyl (C=O) groups excluding carboxylic acids is 5. The lowest BCUT2D eigenvalue weighted by molar-refractivity contribution is -0.142. The Balaban J connectivity index is 1.07. The standard InChI is InChI=1S/C40H51N5O9S/c1-3-27-20-40(27,36(48)43-55(51,52)30-16-17-30)42-34(46)32-18-29-22-45(32)35(47)33(25-11-7-8-12-25)41-37(49)54-39(2)19-28(39)15-6-4-5-10-24-13-9-14-26-21-44(23-31(24)26)38(50)53-29/h3,5,9-10,13-14,25,27-30,32-33H,1,4,6-8,11-12,15-23H2,2H3,(H,41,49)(H,42,46)(H,43,48)/b10-5+/t27-,28-,29-,32+,33+,39-,40-/m1/s1. The van der Waals surface area contributed by atoms with Crippen LogP contribution in [0.5, 0.6) is 0 Å². The first kappa shape index (κ1) is 37.5. The number of benzene rings is 1. The fraction of sp³-hybridized carbons (Fsp3) is 0.625. The van der Waals surface area contributed by atoms with Crippen LogP contribution in [0.25, 0.3) is 6.08 Å². The molecule has 0 spiro atoms. The molecule has 3 aliphatic heterocycles. The van der Waals surface area contributed by atoms with Crippen LogP contribution in [0.4, 0.5) is 9.59 Å². The number of sulfonamides is 1. The molecule has 296 valence electrons. The number of carbonyl (C=O) groups is 5. The van der Waals surface area contributed by atoms with Crippen molar-refractivity contribution in [2.75, 3.05) is 6.54 Å². The van der Waals surface area contributed by atoms with Crippen LogP contribution in [0, 0.1) is 17.8 Å². The molecule has 1 aromatic carbocycles. The van der Waals surface area contributed by atoms with Crippen molar-refractivity contribution >= 4 is 46.0 Å². The van der Waals surface area contributed by atoms with Gasteiger partial charge in [0, 0.05) is 24.8 Å². The van der Waals surface area contributed by atoms with Gasteiger partial charge in [0.2, 0.25) is 21.8 Å². The fourth-order valence-corrected chi connectivity index (χ4v) is 10.6. The van der Waals surface area contributed by atoms with E-state index in [1.54, 1.807) is 4.90 Å². The van der Waals surface area contributed by atoms with Gasteiger partial charge in [0.15, 0.2) is 0 Å². The number of alkyl carbamates (subject to hydrolysis) is 1. The molecule has 3 N–H and O–H groups in total. The van der Waals surface area contributed by atoms with Crippen molar-refractivity contribution in [3.05, 3.63) is 53.6 Å². The molecule has 14 nitrogen and oxygen atoms in total. The molecule has 7 aliphatic rings. The summed E-state index contributed by atoms with van der Waals surface area (Å²) in [6.45, 7) is 6.30. The number of hydrogen-bond donors (Lipinski definition) is 3. The Bertz CT molecular complexity index is 1930. The average molecular weight is 778 g/mol. The van der Waals surface area contributed by atoms with Crippen molar-refractivity contribution < 1.29 is 41.9 Å². The molecule has 1 aromatic rings. The minimum absolute atomic E-state index is 0.0590. The van der Waals surface area contributed by atoms with E-state index in [9.17, 15) is 32.4 Å². The monoisotopic (exact) mass is 777 g/mol. The number of amides is 5. The third kappa shape index (κ3) is 7.48. The molecule has 4 saturated carbocycles. The predicted octanol–water partition coefficient (Wildman–Crippen LogP) is 4.04. The number of nitrogens with one attached hydrogen (secondary N) is 3. The zero-order valence-corrected chi connectivity index (χ0v) is 32.1. The summed E-state index contributed by atoms with van der Waals surface area (Å²) in [5, 5.41) is 5.03. The maximum absolute atomic E-state index is 14.7. The molecule has 0 aromatic heterocycles. The van der Waals surface area contributed by atoms with Gasteiger partial charge in [0.1, 0.15) is 29.3 Å². The summed E-state index contributed by atoms with van der Waals surface area (Å²) in [5.41, 5.74) is 0.897. The summed E-state index contributed by atoms with van der Waals surface area (Å²) in [6, 6.07) is 3.82. The Morgan fingerprint density at radius 1 is 1.04 bits per heavy atom. The Hall–Kier alpha value is -4.40. The first-order valence-corrected chi connectivity index (χ1v) is 21.4. The van der Waals surface area contributed by atoms with Gasteiger partial charge in [-0.1, -0.05) is 49.3 Å². The lowest BCUT2D eigenvalue weighted by Crippen LogP contribution is -2.59. The van der Waals surface area contributed by atoms with E-state index in [2.05, 4.69) is 34.1 Å². The highest BCUT2D eigenvalue weighted by Gasteiger charge is 2.62. The zero-order valence-electron chi connectivity index (χ0n) is 31.3. The van der Waals surface area contributed by atoms with Crippen molar-refractivity contribution in [3.63, 3.8) is 0 Å². The van der Waals surface area contributed by atoms with E-state index in [0.29, 0.717) is 38.8 Å². The maximum atomic E-state index is 14.7. The van der Waals surface area contributed by atoms with Gasteiger partial charge < -0.3 is 25.0 Å². The Kier molecular flexibility index (Phi) is 9.74. The molecule has 4 bridgehead atoms. The topological polar surface area (TPSA) is 181 Å². The molecule has 3 heterocycles. The fourth-order valence-electron chi connectivity index (χ4n) is 9.22. The van der Waals surface area contributed by atoms with E-state index in [4.69, 9.17) is 9.47 Å². The summed E-state index contributed by atoms with van der Waals surface area (Å²) in [6.07, 6.45) is 11.1. The van der Waals surface area contributed by atoms with Crippen molar-refractivity contribution in [1.29, 1.82) is 0 Å². The highest BCUT2D eigenvalue weighted by molar-refractivity contribution is 7.91.